The van der Waals surface area contributed by atoms with E-state index in [1.807, 2.05) is 6.07 Å². The summed E-state index contributed by atoms with van der Waals surface area (Å²) in [6, 6.07) is 53.3. The first kappa shape index (κ1) is 37.1. The van der Waals surface area contributed by atoms with Crippen LogP contribution in [0.4, 0.5) is 0 Å². The summed E-state index contributed by atoms with van der Waals surface area (Å²) in [6.07, 6.45) is 23.3. The van der Waals surface area contributed by atoms with Gasteiger partial charge in [0, 0.05) is 10.8 Å². The third-order valence-electron chi connectivity index (χ3n) is 17.0. The van der Waals surface area contributed by atoms with Crippen LogP contribution in [0.1, 0.15) is 133 Å². The maximum absolute atomic E-state index is 6.20. The van der Waals surface area contributed by atoms with Gasteiger partial charge in [-0.1, -0.05) is 154 Å². The third kappa shape index (κ3) is 6.50. The summed E-state index contributed by atoms with van der Waals surface area (Å²) in [5, 5.41) is 2.38. The Morgan fingerprint density at radius 1 is 0.373 bits per heavy atom. The average Bonchev–Trinajstić information content (AvgIpc) is 3.70. The maximum Gasteiger partial charge on any atom is 0.136 e. The van der Waals surface area contributed by atoms with Crippen molar-refractivity contribution in [3.8, 4) is 33.4 Å². The maximum atomic E-state index is 6.20. The van der Waals surface area contributed by atoms with Crippen LogP contribution in [0.5, 0.6) is 0 Å². The Bertz CT molecular complexity index is 2530. The van der Waals surface area contributed by atoms with Gasteiger partial charge in [-0.3, -0.25) is 0 Å². The SMILES string of the molecule is CCCCCCC12CCC(c3ccc(-c4ccc(-c5ccc(C67CCC(c8ccc(-c9ccc%10c(c9)oc9ccccc9%10)cc8)(CC6)CC7)cc5)cc4)cc3)(CC1)CC2. The quantitative estimate of drug-likeness (QED) is 0.119. The summed E-state index contributed by atoms with van der Waals surface area (Å²) in [7, 11) is 0. The van der Waals surface area contributed by atoms with Gasteiger partial charge in [-0.05, 0) is 173 Å². The first-order valence-corrected chi connectivity index (χ1v) is 23.3. The molecule has 6 aliphatic carbocycles. The third-order valence-corrected chi connectivity index (χ3v) is 17.0. The van der Waals surface area contributed by atoms with E-state index in [0.717, 1.165) is 11.2 Å². The minimum atomic E-state index is 0.316. The molecular formula is C58H60O. The summed E-state index contributed by atoms with van der Waals surface area (Å²) in [5.74, 6) is 0. The Kier molecular flexibility index (Phi) is 9.25. The Morgan fingerprint density at radius 2 is 0.763 bits per heavy atom. The van der Waals surface area contributed by atoms with Crippen molar-refractivity contribution in [3.63, 3.8) is 0 Å². The van der Waals surface area contributed by atoms with Crippen LogP contribution < -0.4 is 0 Å². The fraction of sp³-hybridized carbons (Fsp3) is 0.379. The smallest absolute Gasteiger partial charge is 0.136 e. The summed E-state index contributed by atoms with van der Waals surface area (Å²) in [6.45, 7) is 2.33. The molecule has 6 aromatic carbocycles. The predicted octanol–water partition coefficient (Wildman–Crippen LogP) is 16.7. The molecule has 0 N–H and O–H groups in total. The predicted molar refractivity (Wildman–Crippen MR) is 248 cm³/mol. The van der Waals surface area contributed by atoms with Gasteiger partial charge in [0.05, 0.1) is 0 Å². The number of hydrogen-bond donors (Lipinski definition) is 0. The Balaban J connectivity index is 0.719. The molecule has 1 heterocycles. The molecule has 6 saturated carbocycles. The molecule has 0 aliphatic heterocycles. The number of fused-ring (bicyclic) bond motifs is 9. The molecule has 6 aliphatic rings. The molecular weight excluding hydrogens is 713 g/mol. The van der Waals surface area contributed by atoms with Gasteiger partial charge < -0.3 is 4.42 Å². The van der Waals surface area contributed by atoms with Crippen molar-refractivity contribution in [2.75, 3.05) is 0 Å². The molecule has 7 aromatic rings. The fourth-order valence-electron chi connectivity index (χ4n) is 12.9. The molecule has 59 heavy (non-hydrogen) atoms. The molecule has 0 unspecified atom stereocenters. The molecule has 1 heteroatoms. The molecule has 13 rings (SSSR count). The largest absolute Gasteiger partial charge is 0.456 e. The highest BCUT2D eigenvalue weighted by molar-refractivity contribution is 6.05. The highest BCUT2D eigenvalue weighted by Gasteiger charge is 2.50. The standard InChI is InChI=1S/C58H60O/c1-2-3-4-7-28-55-29-32-56(33-30-55,34-31-55)48-21-14-44(15-22-48)42-10-12-43(13-11-42)45-16-23-49(24-17-45)57-35-38-58(39-36-57,40-37-57)50-25-18-46(19-26-50)47-20-27-52-51-8-5-6-9-53(51)59-54(52)41-47/h5-6,8-27,41H,2-4,7,28-40H2,1H3. The Labute approximate surface area is 352 Å². The zero-order chi connectivity index (χ0) is 39.5. The summed E-state index contributed by atoms with van der Waals surface area (Å²) in [5.41, 5.74) is 16.1. The van der Waals surface area contributed by atoms with Crippen molar-refractivity contribution in [2.24, 2.45) is 5.41 Å². The van der Waals surface area contributed by atoms with Crippen LogP contribution in [0.3, 0.4) is 0 Å². The number of benzene rings is 6. The highest BCUT2D eigenvalue weighted by Crippen LogP contribution is 2.60. The van der Waals surface area contributed by atoms with E-state index in [9.17, 15) is 0 Å². The van der Waals surface area contributed by atoms with Gasteiger partial charge in [0.25, 0.3) is 0 Å². The monoisotopic (exact) mass is 772 g/mol. The van der Waals surface area contributed by atoms with Crippen LogP contribution in [0.25, 0.3) is 55.3 Å². The average molecular weight is 773 g/mol. The molecule has 0 saturated heterocycles. The van der Waals surface area contributed by atoms with Crippen molar-refractivity contribution in [3.05, 3.63) is 156 Å². The first-order chi connectivity index (χ1) is 29.0. The summed E-state index contributed by atoms with van der Waals surface area (Å²) < 4.78 is 6.20. The molecule has 6 fully saturated rings. The molecule has 0 radical (unpaired) electrons. The second-order valence-electron chi connectivity index (χ2n) is 19.8. The Hall–Kier alpha value is -4.88. The minimum Gasteiger partial charge on any atom is -0.456 e. The van der Waals surface area contributed by atoms with Crippen molar-refractivity contribution >= 4 is 21.9 Å². The zero-order valence-corrected chi connectivity index (χ0v) is 35.2. The van der Waals surface area contributed by atoms with Crippen molar-refractivity contribution in [2.45, 2.75) is 132 Å². The van der Waals surface area contributed by atoms with Crippen LogP contribution in [0, 0.1) is 5.41 Å². The number of furan rings is 1. The van der Waals surface area contributed by atoms with Gasteiger partial charge in [-0.15, -0.1) is 0 Å². The number of rotatable bonds is 11. The molecule has 0 atom stereocenters. The van der Waals surface area contributed by atoms with Gasteiger partial charge in [0.2, 0.25) is 0 Å². The lowest BCUT2D eigenvalue weighted by Crippen LogP contribution is -2.46. The molecule has 4 bridgehead atoms. The van der Waals surface area contributed by atoms with Gasteiger partial charge >= 0.3 is 0 Å². The van der Waals surface area contributed by atoms with E-state index in [0.29, 0.717) is 21.7 Å². The topological polar surface area (TPSA) is 13.1 Å². The highest BCUT2D eigenvalue weighted by atomic mass is 16.3. The van der Waals surface area contributed by atoms with E-state index in [1.54, 1.807) is 11.1 Å². The molecule has 1 aromatic heterocycles. The van der Waals surface area contributed by atoms with Crippen LogP contribution >= 0.6 is 0 Å². The summed E-state index contributed by atoms with van der Waals surface area (Å²) in [4.78, 5) is 0. The molecule has 0 spiro atoms. The van der Waals surface area contributed by atoms with E-state index in [-0.39, 0.29) is 0 Å². The van der Waals surface area contributed by atoms with Crippen LogP contribution in [0.2, 0.25) is 0 Å². The first-order valence-electron chi connectivity index (χ1n) is 23.3. The van der Waals surface area contributed by atoms with Crippen LogP contribution in [-0.4, -0.2) is 0 Å². The van der Waals surface area contributed by atoms with E-state index in [4.69, 9.17) is 4.42 Å². The summed E-state index contributed by atoms with van der Waals surface area (Å²) >= 11 is 0. The Morgan fingerprint density at radius 3 is 1.24 bits per heavy atom. The molecule has 298 valence electrons. The lowest BCUT2D eigenvalue weighted by molar-refractivity contribution is 0.0305. The number of para-hydroxylation sites is 1. The van der Waals surface area contributed by atoms with Gasteiger partial charge in [-0.25, -0.2) is 0 Å². The minimum absolute atomic E-state index is 0.316. The van der Waals surface area contributed by atoms with Gasteiger partial charge in [0.15, 0.2) is 0 Å². The molecule has 0 amide bonds. The van der Waals surface area contributed by atoms with Crippen molar-refractivity contribution in [1.29, 1.82) is 0 Å². The normalized spacial score (nSPS) is 26.2. The van der Waals surface area contributed by atoms with E-state index in [2.05, 4.69) is 140 Å². The van der Waals surface area contributed by atoms with Gasteiger partial charge in [0.1, 0.15) is 11.2 Å². The van der Waals surface area contributed by atoms with E-state index >= 15 is 0 Å². The number of hydrogen-bond acceptors (Lipinski definition) is 1. The van der Waals surface area contributed by atoms with Crippen molar-refractivity contribution < 1.29 is 4.42 Å². The van der Waals surface area contributed by atoms with E-state index < -0.39 is 0 Å². The number of unbranched alkanes of at least 4 members (excludes halogenated alkanes) is 3. The second-order valence-corrected chi connectivity index (χ2v) is 19.8. The lowest BCUT2D eigenvalue weighted by atomic mass is 9.50. The van der Waals surface area contributed by atoms with Crippen LogP contribution in [-0.2, 0) is 16.2 Å². The molecule has 1 nitrogen and oxygen atoms in total. The fourth-order valence-corrected chi connectivity index (χ4v) is 12.9. The van der Waals surface area contributed by atoms with Crippen LogP contribution in [0.15, 0.2) is 144 Å². The van der Waals surface area contributed by atoms with Gasteiger partial charge in [-0.2, -0.15) is 0 Å². The second kappa shape index (κ2) is 14.7. The van der Waals surface area contributed by atoms with E-state index in [1.165, 1.54) is 159 Å². The van der Waals surface area contributed by atoms with Crippen molar-refractivity contribution in [1.82, 2.24) is 0 Å². The zero-order valence-electron chi connectivity index (χ0n) is 35.2. The lowest BCUT2D eigenvalue weighted by Gasteiger charge is -2.54.